The summed E-state index contributed by atoms with van der Waals surface area (Å²) >= 11 is 0. The normalized spacial score (nSPS) is 10.7. The van der Waals surface area contributed by atoms with E-state index in [1.54, 1.807) is 0 Å². The molecule has 3 rings (SSSR count). The van der Waals surface area contributed by atoms with Gasteiger partial charge < -0.3 is 10.6 Å². The summed E-state index contributed by atoms with van der Waals surface area (Å²) in [6.45, 7) is 2.77. The molecule has 0 aliphatic rings. The van der Waals surface area contributed by atoms with E-state index in [2.05, 4.69) is 77.4 Å². The van der Waals surface area contributed by atoms with Crippen LogP contribution in [0.2, 0.25) is 0 Å². The number of fused-ring (bicyclic) bond motifs is 1. The molecule has 0 amide bonds. The average molecular weight is 276 g/mol. The highest BCUT2D eigenvalue weighted by Crippen LogP contribution is 2.22. The third kappa shape index (κ3) is 3.61. The summed E-state index contributed by atoms with van der Waals surface area (Å²) in [6.07, 6.45) is 0. The van der Waals surface area contributed by atoms with Crippen LogP contribution in [0.4, 0.5) is 5.69 Å². The van der Waals surface area contributed by atoms with E-state index in [1.165, 1.54) is 22.0 Å². The Kier molecular flexibility index (Phi) is 4.49. The number of nitrogens with one attached hydrogen (secondary N) is 2. The summed E-state index contributed by atoms with van der Waals surface area (Å²) in [5.74, 6) is 0. The van der Waals surface area contributed by atoms with Crippen LogP contribution in [-0.2, 0) is 6.54 Å². The lowest BCUT2D eigenvalue weighted by Gasteiger charge is -2.10. The minimum Gasteiger partial charge on any atom is -0.383 e. The third-order valence-electron chi connectivity index (χ3n) is 3.58. The average Bonchev–Trinajstić information content (AvgIpc) is 2.56. The first-order valence-corrected chi connectivity index (χ1v) is 7.40. The molecule has 0 saturated carbocycles. The molecule has 0 aromatic heterocycles. The van der Waals surface area contributed by atoms with E-state index in [1.807, 2.05) is 6.07 Å². The van der Waals surface area contributed by atoms with Crippen molar-refractivity contribution in [3.05, 3.63) is 78.4 Å². The second kappa shape index (κ2) is 6.91. The van der Waals surface area contributed by atoms with Gasteiger partial charge in [0.2, 0.25) is 0 Å². The molecule has 0 heterocycles. The third-order valence-corrected chi connectivity index (χ3v) is 3.58. The van der Waals surface area contributed by atoms with Gasteiger partial charge in [0.25, 0.3) is 0 Å². The Morgan fingerprint density at radius 1 is 0.667 bits per heavy atom. The summed E-state index contributed by atoms with van der Waals surface area (Å²) in [5, 5.41) is 9.53. The summed E-state index contributed by atoms with van der Waals surface area (Å²) in [4.78, 5) is 0. The van der Waals surface area contributed by atoms with Crippen molar-refractivity contribution in [1.82, 2.24) is 5.32 Å². The maximum Gasteiger partial charge on any atom is 0.0420 e. The first-order valence-electron chi connectivity index (χ1n) is 7.40. The Morgan fingerprint density at radius 2 is 1.43 bits per heavy atom. The van der Waals surface area contributed by atoms with E-state index in [0.717, 1.165) is 19.6 Å². The minimum atomic E-state index is 0.915. The van der Waals surface area contributed by atoms with Gasteiger partial charge in [-0.2, -0.15) is 0 Å². The first kappa shape index (κ1) is 13.7. The van der Waals surface area contributed by atoms with Crippen LogP contribution in [0.1, 0.15) is 5.56 Å². The van der Waals surface area contributed by atoms with Crippen molar-refractivity contribution in [3.8, 4) is 0 Å². The Balaban J connectivity index is 1.51. The van der Waals surface area contributed by atoms with E-state index in [9.17, 15) is 0 Å². The van der Waals surface area contributed by atoms with E-state index >= 15 is 0 Å². The largest absolute Gasteiger partial charge is 0.383 e. The monoisotopic (exact) mass is 276 g/mol. The molecule has 0 aliphatic carbocycles. The van der Waals surface area contributed by atoms with Crippen LogP contribution in [0.15, 0.2) is 72.8 Å². The van der Waals surface area contributed by atoms with Crippen molar-refractivity contribution >= 4 is 16.5 Å². The topological polar surface area (TPSA) is 24.1 Å². The molecule has 0 atom stereocenters. The van der Waals surface area contributed by atoms with Gasteiger partial charge >= 0.3 is 0 Å². The molecule has 0 radical (unpaired) electrons. The van der Waals surface area contributed by atoms with Crippen LogP contribution in [-0.4, -0.2) is 13.1 Å². The van der Waals surface area contributed by atoms with Crippen molar-refractivity contribution in [2.45, 2.75) is 6.54 Å². The van der Waals surface area contributed by atoms with Crippen LogP contribution >= 0.6 is 0 Å². The maximum absolute atomic E-state index is 3.51. The molecule has 2 nitrogen and oxygen atoms in total. The maximum atomic E-state index is 3.51. The van der Waals surface area contributed by atoms with Gasteiger partial charge in [0.1, 0.15) is 0 Å². The first-order chi connectivity index (χ1) is 10.4. The van der Waals surface area contributed by atoms with Gasteiger partial charge in [-0.3, -0.25) is 0 Å². The van der Waals surface area contributed by atoms with Gasteiger partial charge in [-0.05, 0) is 17.0 Å². The Bertz CT molecular complexity index is 687. The molecule has 2 heteroatoms. The van der Waals surface area contributed by atoms with E-state index < -0.39 is 0 Å². The molecule has 2 N–H and O–H groups in total. The standard InChI is InChI=1S/C19H20N2/c1-2-7-16(8-3-1)15-20-13-14-21-19-12-6-10-17-9-4-5-11-18(17)19/h1-12,20-21H,13-15H2. The lowest BCUT2D eigenvalue weighted by Crippen LogP contribution is -2.21. The van der Waals surface area contributed by atoms with E-state index in [4.69, 9.17) is 0 Å². The van der Waals surface area contributed by atoms with Crippen molar-refractivity contribution in [2.75, 3.05) is 18.4 Å². The van der Waals surface area contributed by atoms with Crippen LogP contribution < -0.4 is 10.6 Å². The van der Waals surface area contributed by atoms with Crippen LogP contribution in [0.25, 0.3) is 10.8 Å². The Hall–Kier alpha value is -2.32. The van der Waals surface area contributed by atoms with Crippen LogP contribution in [0.5, 0.6) is 0 Å². The predicted octanol–water partition coefficient (Wildman–Crippen LogP) is 4.04. The fraction of sp³-hybridized carbons (Fsp3) is 0.158. The fourth-order valence-electron chi connectivity index (χ4n) is 2.49. The number of benzene rings is 3. The van der Waals surface area contributed by atoms with Crippen molar-refractivity contribution < 1.29 is 0 Å². The van der Waals surface area contributed by atoms with Crippen molar-refractivity contribution in [1.29, 1.82) is 0 Å². The van der Waals surface area contributed by atoms with E-state index in [0.29, 0.717) is 0 Å². The van der Waals surface area contributed by atoms with Gasteiger partial charge in [0.05, 0.1) is 0 Å². The molecule has 0 aliphatic heterocycles. The molecule has 3 aromatic rings. The zero-order valence-electron chi connectivity index (χ0n) is 12.0. The molecular weight excluding hydrogens is 256 g/mol. The summed E-state index contributed by atoms with van der Waals surface area (Å²) in [6, 6.07) is 25.3. The van der Waals surface area contributed by atoms with Gasteiger partial charge in [-0.25, -0.2) is 0 Å². The highest BCUT2D eigenvalue weighted by atomic mass is 14.9. The summed E-state index contributed by atoms with van der Waals surface area (Å²) < 4.78 is 0. The van der Waals surface area contributed by atoms with Gasteiger partial charge in [0, 0.05) is 30.7 Å². The molecule has 0 unspecified atom stereocenters. The molecule has 0 spiro atoms. The minimum absolute atomic E-state index is 0.915. The van der Waals surface area contributed by atoms with Crippen molar-refractivity contribution in [2.24, 2.45) is 0 Å². The number of hydrogen-bond donors (Lipinski definition) is 2. The fourth-order valence-corrected chi connectivity index (χ4v) is 2.49. The Morgan fingerprint density at radius 3 is 2.33 bits per heavy atom. The van der Waals surface area contributed by atoms with E-state index in [-0.39, 0.29) is 0 Å². The SMILES string of the molecule is c1ccc(CNCCNc2cccc3ccccc23)cc1. The molecule has 21 heavy (non-hydrogen) atoms. The lowest BCUT2D eigenvalue weighted by molar-refractivity contribution is 0.707. The second-order valence-corrected chi connectivity index (χ2v) is 5.12. The number of anilines is 1. The lowest BCUT2D eigenvalue weighted by atomic mass is 10.1. The highest BCUT2D eigenvalue weighted by Gasteiger charge is 1.98. The van der Waals surface area contributed by atoms with Gasteiger partial charge in [0.15, 0.2) is 0 Å². The predicted molar refractivity (Wildman–Crippen MR) is 90.6 cm³/mol. The second-order valence-electron chi connectivity index (χ2n) is 5.12. The molecule has 0 saturated heterocycles. The van der Waals surface area contributed by atoms with Gasteiger partial charge in [-0.1, -0.05) is 66.7 Å². The van der Waals surface area contributed by atoms with Crippen LogP contribution in [0, 0.1) is 0 Å². The summed E-state index contributed by atoms with van der Waals surface area (Å²) in [5.41, 5.74) is 2.53. The van der Waals surface area contributed by atoms with Crippen LogP contribution in [0.3, 0.4) is 0 Å². The number of hydrogen-bond acceptors (Lipinski definition) is 2. The number of rotatable bonds is 6. The zero-order chi connectivity index (χ0) is 14.3. The molecule has 3 aromatic carbocycles. The van der Waals surface area contributed by atoms with Crippen molar-refractivity contribution in [3.63, 3.8) is 0 Å². The van der Waals surface area contributed by atoms with Gasteiger partial charge in [-0.15, -0.1) is 0 Å². The zero-order valence-corrected chi connectivity index (χ0v) is 12.0. The Labute approximate surface area is 125 Å². The summed E-state index contributed by atoms with van der Waals surface area (Å²) in [7, 11) is 0. The quantitative estimate of drug-likeness (QED) is 0.664. The molecule has 0 bridgehead atoms. The molecule has 0 fully saturated rings. The molecular formula is C19H20N2. The smallest absolute Gasteiger partial charge is 0.0420 e. The molecule has 106 valence electrons. The highest BCUT2D eigenvalue weighted by molar-refractivity contribution is 5.93.